The molecule has 0 unspecified atom stereocenters. The average molecular weight is 232 g/mol. The number of nitrogens with zero attached hydrogens (tertiary/aromatic N) is 2. The van der Waals surface area contributed by atoms with Gasteiger partial charge in [-0.25, -0.2) is 4.98 Å². The van der Waals surface area contributed by atoms with E-state index in [4.69, 9.17) is 0 Å². The summed E-state index contributed by atoms with van der Waals surface area (Å²) in [6.45, 7) is 7.99. The lowest BCUT2D eigenvalue weighted by Gasteiger charge is -2.32. The van der Waals surface area contributed by atoms with Crippen molar-refractivity contribution in [2.45, 2.75) is 39.0 Å². The van der Waals surface area contributed by atoms with Crippen molar-refractivity contribution >= 4 is 11.6 Å². The molecule has 0 N–H and O–H groups in total. The second-order valence-corrected chi connectivity index (χ2v) is 5.69. The Bertz CT molecular complexity index is 420. The molecule has 1 aliphatic heterocycles. The number of anilines is 1. The van der Waals surface area contributed by atoms with Crippen LogP contribution in [-0.4, -0.2) is 23.9 Å². The highest BCUT2D eigenvalue weighted by Gasteiger charge is 2.25. The van der Waals surface area contributed by atoms with E-state index in [0.717, 1.165) is 18.8 Å². The van der Waals surface area contributed by atoms with Crippen molar-refractivity contribution in [3.8, 4) is 0 Å². The molecule has 2 heterocycles. The minimum absolute atomic E-state index is 0.0596. The van der Waals surface area contributed by atoms with Crippen molar-refractivity contribution in [1.29, 1.82) is 0 Å². The molecule has 0 aromatic carbocycles. The van der Waals surface area contributed by atoms with Gasteiger partial charge in [-0.15, -0.1) is 0 Å². The van der Waals surface area contributed by atoms with E-state index in [-0.39, 0.29) is 5.41 Å². The second-order valence-electron chi connectivity index (χ2n) is 5.69. The molecule has 1 aliphatic rings. The number of hydrogen-bond acceptors (Lipinski definition) is 3. The molecule has 0 saturated carbocycles. The Morgan fingerprint density at radius 2 is 2.12 bits per heavy atom. The summed E-state index contributed by atoms with van der Waals surface area (Å²) in [5.74, 6) is 1.30. The van der Waals surface area contributed by atoms with E-state index >= 15 is 0 Å². The van der Waals surface area contributed by atoms with Crippen molar-refractivity contribution in [2.24, 2.45) is 0 Å². The molecule has 0 radical (unpaired) electrons. The van der Waals surface area contributed by atoms with Crippen LogP contribution in [0.1, 0.15) is 39.2 Å². The maximum Gasteiger partial charge on any atom is 0.152 e. The van der Waals surface area contributed by atoms with Crippen LogP contribution in [0.3, 0.4) is 0 Å². The highest BCUT2D eigenvalue weighted by Crippen LogP contribution is 2.30. The first-order chi connectivity index (χ1) is 7.98. The molecule has 1 fully saturated rings. The summed E-state index contributed by atoms with van der Waals surface area (Å²) >= 11 is 0. The van der Waals surface area contributed by atoms with Gasteiger partial charge in [0.25, 0.3) is 0 Å². The van der Waals surface area contributed by atoms with E-state index in [1.807, 2.05) is 12.3 Å². The van der Waals surface area contributed by atoms with Gasteiger partial charge in [-0.1, -0.05) is 26.8 Å². The van der Waals surface area contributed by atoms with E-state index < -0.39 is 0 Å². The highest BCUT2D eigenvalue weighted by atomic mass is 16.1. The zero-order valence-corrected chi connectivity index (χ0v) is 10.9. The third-order valence-electron chi connectivity index (χ3n) is 3.15. The molecule has 0 atom stereocenters. The van der Waals surface area contributed by atoms with E-state index in [0.29, 0.717) is 18.7 Å². The number of rotatable bonds is 1. The van der Waals surface area contributed by atoms with Crippen molar-refractivity contribution in [2.75, 3.05) is 18.0 Å². The van der Waals surface area contributed by atoms with Gasteiger partial charge in [0.1, 0.15) is 5.82 Å². The van der Waals surface area contributed by atoms with Crippen molar-refractivity contribution < 1.29 is 4.79 Å². The van der Waals surface area contributed by atoms with Gasteiger partial charge in [-0.3, -0.25) is 4.79 Å². The smallest absolute Gasteiger partial charge is 0.152 e. The predicted octanol–water partition coefficient (Wildman–Crippen LogP) is 2.55. The number of aromatic nitrogens is 1. The zero-order chi connectivity index (χ0) is 12.5. The van der Waals surface area contributed by atoms with Crippen LogP contribution >= 0.6 is 0 Å². The van der Waals surface area contributed by atoms with E-state index in [1.54, 1.807) is 0 Å². The summed E-state index contributed by atoms with van der Waals surface area (Å²) in [5.41, 5.74) is 1.28. The maximum atomic E-state index is 11.5. The molecule has 0 spiro atoms. The van der Waals surface area contributed by atoms with Crippen LogP contribution in [0.15, 0.2) is 18.3 Å². The molecule has 1 aromatic rings. The summed E-state index contributed by atoms with van der Waals surface area (Å²) < 4.78 is 0. The molecule has 2 rings (SSSR count). The Labute approximate surface area is 103 Å². The summed E-state index contributed by atoms with van der Waals surface area (Å²) in [5, 5.41) is 0. The number of hydrogen-bond donors (Lipinski definition) is 0. The van der Waals surface area contributed by atoms with Crippen LogP contribution < -0.4 is 4.90 Å². The first kappa shape index (κ1) is 12.1. The Morgan fingerprint density at radius 1 is 1.35 bits per heavy atom. The molecule has 0 aliphatic carbocycles. The Balaban J connectivity index is 2.34. The number of carbonyl (C=O) groups is 1. The van der Waals surface area contributed by atoms with Gasteiger partial charge in [0.15, 0.2) is 5.78 Å². The molecule has 92 valence electrons. The van der Waals surface area contributed by atoms with Crippen LogP contribution in [0.25, 0.3) is 0 Å². The maximum absolute atomic E-state index is 11.5. The van der Waals surface area contributed by atoms with Gasteiger partial charge >= 0.3 is 0 Å². The normalized spacial score (nSPS) is 17.4. The fourth-order valence-electron chi connectivity index (χ4n) is 2.25. The summed E-state index contributed by atoms with van der Waals surface area (Å²) in [4.78, 5) is 18.1. The Morgan fingerprint density at radius 3 is 2.76 bits per heavy atom. The zero-order valence-electron chi connectivity index (χ0n) is 10.9. The second kappa shape index (κ2) is 4.47. The van der Waals surface area contributed by atoms with E-state index in [2.05, 4.69) is 36.7 Å². The minimum Gasteiger partial charge on any atom is -0.349 e. The van der Waals surface area contributed by atoms with Gasteiger partial charge in [0.05, 0.1) is 6.54 Å². The van der Waals surface area contributed by atoms with Crippen LogP contribution in [-0.2, 0) is 10.2 Å². The van der Waals surface area contributed by atoms with E-state index in [9.17, 15) is 4.79 Å². The van der Waals surface area contributed by atoms with E-state index in [1.165, 1.54) is 5.56 Å². The van der Waals surface area contributed by atoms with Crippen molar-refractivity contribution in [1.82, 2.24) is 4.98 Å². The Kier molecular flexibility index (Phi) is 3.18. The molecular weight excluding hydrogens is 212 g/mol. The predicted molar refractivity (Wildman–Crippen MR) is 69.4 cm³/mol. The largest absolute Gasteiger partial charge is 0.349 e. The average Bonchev–Trinajstić information content (AvgIpc) is 2.28. The summed E-state index contributed by atoms with van der Waals surface area (Å²) in [6.07, 6.45) is 3.47. The summed E-state index contributed by atoms with van der Waals surface area (Å²) in [6, 6.07) is 4.08. The van der Waals surface area contributed by atoms with Gasteiger partial charge in [-0.05, 0) is 17.9 Å². The molecule has 0 amide bonds. The van der Waals surface area contributed by atoms with Crippen molar-refractivity contribution in [3.63, 3.8) is 0 Å². The molecule has 17 heavy (non-hydrogen) atoms. The molecular formula is C14H20N2O. The van der Waals surface area contributed by atoms with Crippen LogP contribution in [0.2, 0.25) is 0 Å². The first-order valence-corrected chi connectivity index (χ1v) is 6.20. The third kappa shape index (κ3) is 2.65. The number of Topliss-reactive ketones (excluding diaryl/α,β-unsaturated/α-hetero) is 1. The molecule has 0 bridgehead atoms. The molecule has 1 aromatic heterocycles. The van der Waals surface area contributed by atoms with Crippen LogP contribution in [0.4, 0.5) is 5.82 Å². The van der Waals surface area contributed by atoms with Gasteiger partial charge in [0, 0.05) is 24.7 Å². The number of ketones is 1. The lowest BCUT2D eigenvalue weighted by Crippen LogP contribution is -2.37. The molecule has 1 saturated heterocycles. The monoisotopic (exact) mass is 232 g/mol. The standard InChI is InChI=1S/C14H20N2O/c1-14(2,3)12-7-4-8-15-13(12)16-9-5-6-11(17)10-16/h4,7-8H,5-6,9-10H2,1-3H3. The van der Waals surface area contributed by atoms with Crippen LogP contribution in [0, 0.1) is 0 Å². The quantitative estimate of drug-likeness (QED) is 0.746. The lowest BCUT2D eigenvalue weighted by molar-refractivity contribution is -0.118. The number of pyridine rings is 1. The van der Waals surface area contributed by atoms with Gasteiger partial charge < -0.3 is 4.90 Å². The topological polar surface area (TPSA) is 33.2 Å². The number of piperidine rings is 1. The fourth-order valence-corrected chi connectivity index (χ4v) is 2.25. The highest BCUT2D eigenvalue weighted by molar-refractivity contribution is 5.84. The molecule has 3 nitrogen and oxygen atoms in total. The van der Waals surface area contributed by atoms with Gasteiger partial charge in [-0.2, -0.15) is 0 Å². The van der Waals surface area contributed by atoms with Crippen LogP contribution in [0.5, 0.6) is 0 Å². The lowest BCUT2D eigenvalue weighted by atomic mass is 9.87. The third-order valence-corrected chi connectivity index (χ3v) is 3.15. The Hall–Kier alpha value is -1.38. The summed E-state index contributed by atoms with van der Waals surface area (Å²) in [7, 11) is 0. The van der Waals surface area contributed by atoms with Gasteiger partial charge in [0.2, 0.25) is 0 Å². The first-order valence-electron chi connectivity index (χ1n) is 6.20. The number of carbonyl (C=O) groups excluding carboxylic acids is 1. The SMILES string of the molecule is CC(C)(C)c1cccnc1N1CCCC(=O)C1. The minimum atomic E-state index is 0.0596. The molecule has 3 heteroatoms. The fraction of sp³-hybridized carbons (Fsp3) is 0.571. The van der Waals surface area contributed by atoms with Crippen molar-refractivity contribution in [3.05, 3.63) is 23.9 Å².